The van der Waals surface area contributed by atoms with Crippen LogP contribution in [0.2, 0.25) is 0 Å². The van der Waals surface area contributed by atoms with Crippen LogP contribution in [0.5, 0.6) is 0 Å². The molecule has 0 aliphatic rings. The molecule has 0 spiro atoms. The van der Waals surface area contributed by atoms with Crippen LogP contribution >= 0.6 is 0 Å². The Morgan fingerprint density at radius 3 is 2.28 bits per heavy atom. The molecule has 18 heavy (non-hydrogen) atoms. The predicted octanol–water partition coefficient (Wildman–Crippen LogP) is -0.552. The molecule has 0 aromatic rings. The van der Waals surface area contributed by atoms with Crippen LogP contribution in [0.25, 0.3) is 0 Å². The second kappa shape index (κ2) is 10.2. The van der Waals surface area contributed by atoms with Crippen LogP contribution in [0.3, 0.4) is 0 Å². The summed E-state index contributed by atoms with van der Waals surface area (Å²) in [4.78, 5) is 11.7. The summed E-state index contributed by atoms with van der Waals surface area (Å²) in [7, 11) is 3.04. The van der Waals surface area contributed by atoms with Crippen LogP contribution in [0.1, 0.15) is 13.8 Å². The maximum Gasteiger partial charge on any atom is 0.239 e. The van der Waals surface area contributed by atoms with Gasteiger partial charge < -0.3 is 30.0 Å². The van der Waals surface area contributed by atoms with Crippen molar-refractivity contribution in [3.8, 4) is 0 Å². The van der Waals surface area contributed by atoms with Crippen molar-refractivity contribution in [2.75, 3.05) is 34.4 Å². The van der Waals surface area contributed by atoms with E-state index in [2.05, 4.69) is 5.32 Å². The van der Waals surface area contributed by atoms with Crippen molar-refractivity contribution in [3.05, 3.63) is 0 Å². The van der Waals surface area contributed by atoms with Crippen molar-refractivity contribution in [1.82, 2.24) is 5.32 Å². The van der Waals surface area contributed by atoms with Gasteiger partial charge in [-0.1, -0.05) is 0 Å². The van der Waals surface area contributed by atoms with E-state index in [4.69, 9.17) is 24.7 Å². The smallest absolute Gasteiger partial charge is 0.239 e. The summed E-state index contributed by atoms with van der Waals surface area (Å²) in [6.07, 6.45) is -0.559. The van der Waals surface area contributed by atoms with E-state index in [0.717, 1.165) is 0 Å². The second-order valence-corrected chi connectivity index (χ2v) is 3.93. The molecule has 0 aliphatic heterocycles. The van der Waals surface area contributed by atoms with Gasteiger partial charge in [-0.3, -0.25) is 4.79 Å². The number of hydrogen-bond acceptors (Lipinski definition) is 6. The third kappa shape index (κ3) is 7.57. The Balaban J connectivity index is 3.85. The monoisotopic (exact) mass is 264 g/mol. The molecule has 7 heteroatoms. The highest BCUT2D eigenvalue weighted by molar-refractivity contribution is 5.82. The topological polar surface area (TPSA) is 92.0 Å². The Morgan fingerprint density at radius 1 is 1.17 bits per heavy atom. The number of rotatable bonds is 10. The highest BCUT2D eigenvalue weighted by Gasteiger charge is 2.21. The quantitative estimate of drug-likeness (QED) is 0.514. The fourth-order valence-corrected chi connectivity index (χ4v) is 1.10. The summed E-state index contributed by atoms with van der Waals surface area (Å²) < 4.78 is 19.9. The Bertz CT molecular complexity index is 227. The van der Waals surface area contributed by atoms with E-state index in [9.17, 15) is 4.79 Å². The Hall–Kier alpha value is -0.730. The molecule has 7 nitrogen and oxygen atoms in total. The van der Waals surface area contributed by atoms with E-state index >= 15 is 0 Å². The molecule has 0 radical (unpaired) electrons. The molecule has 3 atom stereocenters. The van der Waals surface area contributed by atoms with Gasteiger partial charge in [0.25, 0.3) is 0 Å². The minimum absolute atomic E-state index is 0.107. The van der Waals surface area contributed by atoms with Crippen LogP contribution in [-0.4, -0.2) is 58.5 Å². The van der Waals surface area contributed by atoms with Crippen molar-refractivity contribution in [1.29, 1.82) is 0 Å². The molecule has 108 valence electrons. The minimum atomic E-state index is -0.741. The molecular formula is C11H24N2O5. The van der Waals surface area contributed by atoms with Crippen LogP contribution in [-0.2, 0) is 23.7 Å². The van der Waals surface area contributed by atoms with E-state index in [-0.39, 0.29) is 25.6 Å². The first kappa shape index (κ1) is 17.3. The number of nitrogens with one attached hydrogen (secondary N) is 1. The fraction of sp³-hybridized carbons (Fsp3) is 0.909. The first-order chi connectivity index (χ1) is 8.52. The van der Waals surface area contributed by atoms with Gasteiger partial charge in [-0.2, -0.15) is 0 Å². The molecule has 0 saturated carbocycles. The zero-order valence-electron chi connectivity index (χ0n) is 11.5. The SMILES string of the molecule is COCO[C@@H](C)CNC(=O)[C@@H](N)[C@@H](C)OCOC. The largest absolute Gasteiger partial charge is 0.359 e. The van der Waals surface area contributed by atoms with Gasteiger partial charge in [0, 0.05) is 20.8 Å². The van der Waals surface area contributed by atoms with Gasteiger partial charge >= 0.3 is 0 Å². The van der Waals surface area contributed by atoms with Gasteiger partial charge in [-0.15, -0.1) is 0 Å². The molecule has 0 heterocycles. The lowest BCUT2D eigenvalue weighted by atomic mass is 10.2. The lowest BCUT2D eigenvalue weighted by Gasteiger charge is -2.20. The molecular weight excluding hydrogens is 240 g/mol. The summed E-state index contributed by atoms with van der Waals surface area (Å²) in [5, 5.41) is 2.68. The number of hydrogen-bond donors (Lipinski definition) is 2. The van der Waals surface area contributed by atoms with Crippen LogP contribution in [0.4, 0.5) is 0 Å². The Labute approximate surface area is 108 Å². The molecule has 0 rings (SSSR count). The normalized spacial score (nSPS) is 16.1. The number of methoxy groups -OCH3 is 2. The zero-order chi connectivity index (χ0) is 14.0. The number of ether oxygens (including phenoxy) is 4. The minimum Gasteiger partial charge on any atom is -0.359 e. The molecule has 0 bridgehead atoms. The van der Waals surface area contributed by atoms with E-state index < -0.39 is 12.1 Å². The molecule has 0 aliphatic carbocycles. The maximum atomic E-state index is 11.7. The third-order valence-corrected chi connectivity index (χ3v) is 2.29. The van der Waals surface area contributed by atoms with E-state index in [1.807, 2.05) is 6.92 Å². The van der Waals surface area contributed by atoms with Gasteiger partial charge in [-0.25, -0.2) is 0 Å². The van der Waals surface area contributed by atoms with E-state index in [1.165, 1.54) is 14.2 Å². The highest BCUT2D eigenvalue weighted by Crippen LogP contribution is 1.97. The van der Waals surface area contributed by atoms with Crippen molar-refractivity contribution < 1.29 is 23.7 Å². The van der Waals surface area contributed by atoms with Gasteiger partial charge in [-0.05, 0) is 13.8 Å². The summed E-state index contributed by atoms with van der Waals surface area (Å²) in [6.45, 7) is 4.21. The van der Waals surface area contributed by atoms with Gasteiger partial charge in [0.15, 0.2) is 0 Å². The Morgan fingerprint density at radius 2 is 1.72 bits per heavy atom. The molecule has 3 N–H and O–H groups in total. The lowest BCUT2D eigenvalue weighted by Crippen LogP contribution is -2.49. The first-order valence-corrected chi connectivity index (χ1v) is 5.77. The highest BCUT2D eigenvalue weighted by atomic mass is 16.7. The lowest BCUT2D eigenvalue weighted by molar-refractivity contribution is -0.130. The summed E-state index contributed by atoms with van der Waals surface area (Å²) in [5.74, 6) is -0.286. The van der Waals surface area contributed by atoms with Crippen LogP contribution in [0.15, 0.2) is 0 Å². The number of amides is 1. The standard InChI is InChI=1S/C11H24N2O5/c1-8(17-6-15-3)5-13-11(14)10(12)9(2)18-7-16-4/h8-10H,5-7,12H2,1-4H3,(H,13,14)/t8-,9+,10-/m0/s1. The summed E-state index contributed by atoms with van der Waals surface area (Å²) >= 11 is 0. The van der Waals surface area contributed by atoms with Crippen LogP contribution < -0.4 is 11.1 Å². The predicted molar refractivity (Wildman–Crippen MR) is 65.8 cm³/mol. The van der Waals surface area contributed by atoms with Crippen molar-refractivity contribution in [3.63, 3.8) is 0 Å². The zero-order valence-corrected chi connectivity index (χ0v) is 11.5. The van der Waals surface area contributed by atoms with Gasteiger partial charge in [0.1, 0.15) is 19.6 Å². The molecule has 1 amide bonds. The number of carbonyl (C=O) groups excluding carboxylic acids is 1. The van der Waals surface area contributed by atoms with Crippen molar-refractivity contribution >= 4 is 5.91 Å². The van der Waals surface area contributed by atoms with Crippen LogP contribution in [0, 0.1) is 0 Å². The van der Waals surface area contributed by atoms with Crippen molar-refractivity contribution in [2.24, 2.45) is 5.73 Å². The maximum absolute atomic E-state index is 11.7. The van der Waals surface area contributed by atoms with Gasteiger partial charge in [0.05, 0.1) is 12.2 Å². The first-order valence-electron chi connectivity index (χ1n) is 5.77. The second-order valence-electron chi connectivity index (χ2n) is 3.93. The third-order valence-electron chi connectivity index (χ3n) is 2.29. The molecule has 0 unspecified atom stereocenters. The Kier molecular flexibility index (Phi) is 9.80. The number of nitrogens with two attached hydrogens (primary N) is 1. The average molecular weight is 264 g/mol. The number of carbonyl (C=O) groups is 1. The van der Waals surface area contributed by atoms with E-state index in [0.29, 0.717) is 6.54 Å². The fourth-order valence-electron chi connectivity index (χ4n) is 1.10. The summed E-state index contributed by atoms with van der Waals surface area (Å²) in [6, 6.07) is -0.741. The van der Waals surface area contributed by atoms with E-state index in [1.54, 1.807) is 6.92 Å². The molecule has 0 aromatic carbocycles. The van der Waals surface area contributed by atoms with Crippen molar-refractivity contribution in [2.45, 2.75) is 32.1 Å². The molecule has 0 saturated heterocycles. The summed E-state index contributed by atoms with van der Waals surface area (Å²) in [5.41, 5.74) is 5.73. The molecule has 0 fully saturated rings. The average Bonchev–Trinajstić information content (AvgIpc) is 2.38. The van der Waals surface area contributed by atoms with Gasteiger partial charge in [0.2, 0.25) is 5.91 Å². The molecule has 0 aromatic heterocycles.